The molecule has 0 aliphatic rings. The van der Waals surface area contributed by atoms with Crippen LogP contribution in [0.15, 0.2) is 22.9 Å². The van der Waals surface area contributed by atoms with Gasteiger partial charge in [0, 0.05) is 24.4 Å². The molecule has 2 rings (SSSR count). The number of anilines is 2. The third-order valence-corrected chi connectivity index (χ3v) is 2.52. The van der Waals surface area contributed by atoms with Crippen LogP contribution in [0.5, 0.6) is 0 Å². The van der Waals surface area contributed by atoms with Gasteiger partial charge >= 0.3 is 0 Å². The number of nitrogen functional groups attached to an aromatic ring is 1. The highest BCUT2D eigenvalue weighted by Crippen LogP contribution is 2.14. The van der Waals surface area contributed by atoms with Gasteiger partial charge in [-0.2, -0.15) is 0 Å². The number of oxazole rings is 1. The van der Waals surface area contributed by atoms with E-state index in [1.807, 2.05) is 13.8 Å². The van der Waals surface area contributed by atoms with Crippen molar-refractivity contribution in [2.24, 2.45) is 0 Å². The molecule has 2 heterocycles. The quantitative estimate of drug-likeness (QED) is 0.844. The van der Waals surface area contributed by atoms with Crippen LogP contribution in [0.2, 0.25) is 0 Å². The van der Waals surface area contributed by atoms with Gasteiger partial charge in [-0.1, -0.05) is 6.92 Å². The minimum atomic E-state index is 0.509. The van der Waals surface area contributed by atoms with Gasteiger partial charge in [0.1, 0.15) is 11.6 Å². The maximum Gasteiger partial charge on any atom is 0.213 e. The fourth-order valence-corrected chi connectivity index (χ4v) is 1.40. The summed E-state index contributed by atoms with van der Waals surface area (Å²) in [6, 6.07) is 1.80. The van der Waals surface area contributed by atoms with Crippen molar-refractivity contribution in [2.45, 2.75) is 26.8 Å². The van der Waals surface area contributed by atoms with Crippen LogP contribution in [-0.2, 0) is 13.0 Å². The van der Waals surface area contributed by atoms with Crippen LogP contribution in [0.3, 0.4) is 0 Å². The molecule has 2 aromatic rings. The fourth-order valence-electron chi connectivity index (χ4n) is 1.40. The minimum Gasteiger partial charge on any atom is -0.444 e. The molecule has 0 bridgehead atoms. The molecule has 0 amide bonds. The second kappa shape index (κ2) is 4.86. The highest BCUT2D eigenvalue weighted by atomic mass is 16.4. The van der Waals surface area contributed by atoms with Gasteiger partial charge in [-0.25, -0.2) is 9.97 Å². The molecule has 0 radical (unpaired) electrons. The Kier molecular flexibility index (Phi) is 3.27. The summed E-state index contributed by atoms with van der Waals surface area (Å²) in [4.78, 5) is 8.37. The molecule has 0 atom stereocenters. The van der Waals surface area contributed by atoms with Crippen molar-refractivity contribution in [3.8, 4) is 0 Å². The Balaban J connectivity index is 1.99. The molecule has 17 heavy (non-hydrogen) atoms. The maximum absolute atomic E-state index is 5.80. The Morgan fingerprint density at radius 3 is 2.82 bits per heavy atom. The van der Waals surface area contributed by atoms with Gasteiger partial charge in [0.05, 0.1) is 12.7 Å². The van der Waals surface area contributed by atoms with E-state index in [0.717, 1.165) is 29.2 Å². The lowest BCUT2D eigenvalue weighted by Gasteiger charge is -2.05. The molecule has 0 aromatic carbocycles. The Hall–Kier alpha value is -2.04. The summed E-state index contributed by atoms with van der Waals surface area (Å²) in [7, 11) is 0. The molecular weight excluding hydrogens is 216 g/mol. The first-order valence-electron chi connectivity index (χ1n) is 5.58. The SMILES string of the molecule is CCc1cnc(CNc2cc(N)c(C)cn2)o1. The van der Waals surface area contributed by atoms with E-state index in [1.165, 1.54) is 0 Å². The molecule has 0 aliphatic heterocycles. The van der Waals surface area contributed by atoms with Crippen LogP contribution in [-0.4, -0.2) is 9.97 Å². The topological polar surface area (TPSA) is 77.0 Å². The molecule has 5 heteroatoms. The normalized spacial score (nSPS) is 10.5. The Labute approximate surface area is 100 Å². The van der Waals surface area contributed by atoms with E-state index in [1.54, 1.807) is 18.5 Å². The predicted molar refractivity (Wildman–Crippen MR) is 66.6 cm³/mol. The molecular formula is C12H16N4O. The van der Waals surface area contributed by atoms with Crippen molar-refractivity contribution in [1.29, 1.82) is 0 Å². The number of aryl methyl sites for hydroxylation is 2. The zero-order chi connectivity index (χ0) is 12.3. The largest absolute Gasteiger partial charge is 0.444 e. The number of nitrogens with two attached hydrogens (primary N) is 1. The summed E-state index contributed by atoms with van der Waals surface area (Å²) < 4.78 is 5.48. The molecule has 0 saturated heterocycles. The number of nitrogens with zero attached hydrogens (tertiary/aromatic N) is 2. The Morgan fingerprint density at radius 1 is 1.35 bits per heavy atom. The monoisotopic (exact) mass is 232 g/mol. The summed E-state index contributed by atoms with van der Waals surface area (Å²) in [6.45, 7) is 4.46. The average Bonchev–Trinajstić information content (AvgIpc) is 2.79. The van der Waals surface area contributed by atoms with Crippen LogP contribution < -0.4 is 11.1 Å². The van der Waals surface area contributed by atoms with Gasteiger partial charge in [0.15, 0.2) is 0 Å². The van der Waals surface area contributed by atoms with Gasteiger partial charge in [-0.15, -0.1) is 0 Å². The number of pyridine rings is 1. The van der Waals surface area contributed by atoms with Crippen LogP contribution in [0.25, 0.3) is 0 Å². The van der Waals surface area contributed by atoms with Crippen LogP contribution >= 0.6 is 0 Å². The molecule has 0 fully saturated rings. The molecule has 2 aromatic heterocycles. The van der Waals surface area contributed by atoms with E-state index < -0.39 is 0 Å². The van der Waals surface area contributed by atoms with Crippen LogP contribution in [0.4, 0.5) is 11.5 Å². The number of nitrogens with one attached hydrogen (secondary N) is 1. The van der Waals surface area contributed by atoms with E-state index in [4.69, 9.17) is 10.2 Å². The third-order valence-electron chi connectivity index (χ3n) is 2.52. The van der Waals surface area contributed by atoms with E-state index in [2.05, 4.69) is 15.3 Å². The summed E-state index contributed by atoms with van der Waals surface area (Å²) in [5.41, 5.74) is 7.49. The van der Waals surface area contributed by atoms with Crippen molar-refractivity contribution in [1.82, 2.24) is 9.97 Å². The Morgan fingerprint density at radius 2 is 2.18 bits per heavy atom. The first-order valence-corrected chi connectivity index (χ1v) is 5.58. The standard InChI is InChI=1S/C12H16N4O/c1-3-9-6-16-12(17-9)7-15-11-4-10(13)8(2)5-14-11/h4-6H,3,7H2,1-2H3,(H3,13,14,15). The first kappa shape index (κ1) is 11.4. The first-order chi connectivity index (χ1) is 8.19. The smallest absolute Gasteiger partial charge is 0.213 e. The highest BCUT2D eigenvalue weighted by Gasteiger charge is 2.03. The molecule has 0 saturated carbocycles. The van der Waals surface area contributed by atoms with E-state index >= 15 is 0 Å². The van der Waals surface area contributed by atoms with E-state index in [0.29, 0.717) is 12.4 Å². The zero-order valence-corrected chi connectivity index (χ0v) is 10.0. The second-order valence-corrected chi connectivity index (χ2v) is 3.85. The number of rotatable bonds is 4. The van der Waals surface area contributed by atoms with Crippen molar-refractivity contribution >= 4 is 11.5 Å². The number of aromatic nitrogens is 2. The van der Waals surface area contributed by atoms with E-state index in [-0.39, 0.29) is 0 Å². The third kappa shape index (κ3) is 2.75. The van der Waals surface area contributed by atoms with Crippen molar-refractivity contribution in [3.05, 3.63) is 35.7 Å². The summed E-state index contributed by atoms with van der Waals surface area (Å²) in [5.74, 6) is 2.27. The minimum absolute atomic E-state index is 0.509. The number of hydrogen-bond donors (Lipinski definition) is 2. The van der Waals surface area contributed by atoms with Gasteiger partial charge in [0.25, 0.3) is 0 Å². The van der Waals surface area contributed by atoms with Gasteiger partial charge in [-0.3, -0.25) is 0 Å². The predicted octanol–water partition coefficient (Wildman–Crippen LogP) is 2.13. The molecule has 0 spiro atoms. The highest BCUT2D eigenvalue weighted by molar-refractivity contribution is 5.53. The lowest BCUT2D eigenvalue weighted by Crippen LogP contribution is -2.03. The van der Waals surface area contributed by atoms with Gasteiger partial charge < -0.3 is 15.5 Å². The lowest BCUT2D eigenvalue weighted by atomic mass is 10.2. The van der Waals surface area contributed by atoms with Gasteiger partial charge in [-0.05, 0) is 12.5 Å². The molecule has 90 valence electrons. The average molecular weight is 232 g/mol. The fraction of sp³-hybridized carbons (Fsp3) is 0.333. The molecule has 0 aliphatic carbocycles. The number of hydrogen-bond acceptors (Lipinski definition) is 5. The molecule has 5 nitrogen and oxygen atoms in total. The van der Waals surface area contributed by atoms with Crippen molar-refractivity contribution in [3.63, 3.8) is 0 Å². The van der Waals surface area contributed by atoms with Gasteiger partial charge in [0.2, 0.25) is 5.89 Å². The lowest BCUT2D eigenvalue weighted by molar-refractivity contribution is 0.465. The second-order valence-electron chi connectivity index (χ2n) is 3.85. The van der Waals surface area contributed by atoms with Crippen LogP contribution in [0, 0.1) is 6.92 Å². The maximum atomic E-state index is 5.80. The zero-order valence-electron chi connectivity index (χ0n) is 10.0. The van der Waals surface area contributed by atoms with E-state index in [9.17, 15) is 0 Å². The summed E-state index contributed by atoms with van der Waals surface area (Å²) in [6.07, 6.45) is 4.33. The van der Waals surface area contributed by atoms with Crippen molar-refractivity contribution < 1.29 is 4.42 Å². The molecule has 3 N–H and O–H groups in total. The van der Waals surface area contributed by atoms with Crippen LogP contribution in [0.1, 0.15) is 24.1 Å². The summed E-state index contributed by atoms with van der Waals surface area (Å²) >= 11 is 0. The van der Waals surface area contributed by atoms with Crippen molar-refractivity contribution in [2.75, 3.05) is 11.1 Å². The summed E-state index contributed by atoms with van der Waals surface area (Å²) in [5, 5.41) is 3.12. The Bertz CT molecular complexity index is 507. The molecule has 0 unspecified atom stereocenters.